The molecule has 2 aliphatic heterocycles. The highest BCUT2D eigenvalue weighted by molar-refractivity contribution is 5.70. The predicted molar refractivity (Wildman–Crippen MR) is 56.9 cm³/mol. The molecule has 3 nitrogen and oxygen atoms in total. The molecular weight excluding hydrogens is 174 g/mol. The van der Waals surface area contributed by atoms with E-state index in [0.717, 1.165) is 19.3 Å². The van der Waals surface area contributed by atoms with Crippen LogP contribution < -0.4 is 11.1 Å². The van der Waals surface area contributed by atoms with Crippen LogP contribution in [0, 0.1) is 5.92 Å². The Balaban J connectivity index is 1.92. The summed E-state index contributed by atoms with van der Waals surface area (Å²) in [6.07, 6.45) is 9.39. The van der Waals surface area contributed by atoms with Gasteiger partial charge in [-0.15, -0.1) is 0 Å². The number of nitrogens with zero attached hydrogens (tertiary/aromatic N) is 1. The third-order valence-electron chi connectivity index (χ3n) is 3.39. The van der Waals surface area contributed by atoms with Crippen LogP contribution in [0.2, 0.25) is 0 Å². The molecule has 3 N–H and O–H groups in total. The van der Waals surface area contributed by atoms with Gasteiger partial charge in [-0.1, -0.05) is 6.08 Å². The van der Waals surface area contributed by atoms with E-state index in [-0.39, 0.29) is 0 Å². The molecule has 3 heteroatoms. The number of hydrogen-bond acceptors (Lipinski definition) is 3. The van der Waals surface area contributed by atoms with Gasteiger partial charge in [0.1, 0.15) is 0 Å². The molecule has 1 aliphatic carbocycles. The molecule has 0 radical (unpaired) electrons. The molecule has 0 spiro atoms. The molecule has 0 fully saturated rings. The number of rotatable bonds is 0. The van der Waals surface area contributed by atoms with E-state index >= 15 is 0 Å². The molecule has 3 unspecified atom stereocenters. The second-order valence-electron chi connectivity index (χ2n) is 4.34. The minimum Gasteiger partial charge on any atom is -0.380 e. The van der Waals surface area contributed by atoms with E-state index in [1.807, 2.05) is 12.4 Å². The molecule has 0 bridgehead atoms. The Morgan fingerprint density at radius 1 is 1.50 bits per heavy atom. The Bertz CT molecular complexity index is 340. The zero-order chi connectivity index (χ0) is 9.54. The molecule has 3 atom stereocenters. The fraction of sp³-hybridized carbons (Fsp3) is 0.545. The van der Waals surface area contributed by atoms with Gasteiger partial charge in [0.25, 0.3) is 0 Å². The SMILES string of the molecule is NC1CCC2=C(C1)C1C=CN=CC1N2. The Kier molecular flexibility index (Phi) is 1.74. The van der Waals surface area contributed by atoms with E-state index < -0.39 is 0 Å². The largest absolute Gasteiger partial charge is 0.380 e. The van der Waals surface area contributed by atoms with Crippen LogP contribution in [-0.4, -0.2) is 18.3 Å². The van der Waals surface area contributed by atoms with Crippen molar-refractivity contribution >= 4 is 6.21 Å². The van der Waals surface area contributed by atoms with Crippen LogP contribution in [-0.2, 0) is 0 Å². The topological polar surface area (TPSA) is 50.4 Å². The highest BCUT2D eigenvalue weighted by Gasteiger charge is 2.35. The monoisotopic (exact) mass is 189 g/mol. The molecule has 14 heavy (non-hydrogen) atoms. The Morgan fingerprint density at radius 3 is 3.36 bits per heavy atom. The van der Waals surface area contributed by atoms with Crippen LogP contribution in [0.4, 0.5) is 0 Å². The average Bonchev–Trinajstić information content (AvgIpc) is 2.56. The van der Waals surface area contributed by atoms with Crippen molar-refractivity contribution in [2.24, 2.45) is 16.6 Å². The molecule has 0 saturated heterocycles. The number of allylic oxidation sites excluding steroid dienone is 1. The van der Waals surface area contributed by atoms with E-state index in [1.165, 1.54) is 11.3 Å². The van der Waals surface area contributed by atoms with Gasteiger partial charge >= 0.3 is 0 Å². The summed E-state index contributed by atoms with van der Waals surface area (Å²) in [4.78, 5) is 4.17. The summed E-state index contributed by atoms with van der Waals surface area (Å²) in [5.74, 6) is 0.522. The van der Waals surface area contributed by atoms with Crippen molar-refractivity contribution in [1.29, 1.82) is 0 Å². The van der Waals surface area contributed by atoms with Crippen LogP contribution in [0.5, 0.6) is 0 Å². The van der Waals surface area contributed by atoms with E-state index in [2.05, 4.69) is 16.4 Å². The maximum atomic E-state index is 5.99. The smallest absolute Gasteiger partial charge is 0.0714 e. The number of fused-ring (bicyclic) bond motifs is 2. The molecule has 0 aromatic heterocycles. The molecule has 3 aliphatic rings. The number of aliphatic imine (C=N–C) groups is 1. The Hall–Kier alpha value is -1.09. The lowest BCUT2D eigenvalue weighted by molar-refractivity contribution is 0.554. The Labute approximate surface area is 83.8 Å². The van der Waals surface area contributed by atoms with Crippen molar-refractivity contribution in [3.05, 3.63) is 23.5 Å². The second-order valence-corrected chi connectivity index (χ2v) is 4.34. The molecule has 0 saturated carbocycles. The summed E-state index contributed by atoms with van der Waals surface area (Å²) >= 11 is 0. The standard InChI is InChI=1S/C11H15N3/c12-7-1-2-10-9(5-7)8-3-4-13-6-11(8)14-10/h3-4,6-8,11,14H,1-2,5,12H2. The fourth-order valence-corrected chi connectivity index (χ4v) is 2.66. The van der Waals surface area contributed by atoms with Crippen LogP contribution >= 0.6 is 0 Å². The predicted octanol–water partition coefficient (Wildman–Crippen LogP) is 0.938. The van der Waals surface area contributed by atoms with Crippen LogP contribution in [0.15, 0.2) is 28.5 Å². The Morgan fingerprint density at radius 2 is 2.43 bits per heavy atom. The zero-order valence-corrected chi connectivity index (χ0v) is 8.11. The summed E-state index contributed by atoms with van der Waals surface area (Å²) in [5.41, 5.74) is 8.95. The summed E-state index contributed by atoms with van der Waals surface area (Å²) in [7, 11) is 0. The fourth-order valence-electron chi connectivity index (χ4n) is 2.66. The van der Waals surface area contributed by atoms with Gasteiger partial charge in [0.15, 0.2) is 0 Å². The molecule has 0 amide bonds. The zero-order valence-electron chi connectivity index (χ0n) is 8.11. The highest BCUT2D eigenvalue weighted by atomic mass is 15.0. The first-order chi connectivity index (χ1) is 6.84. The lowest BCUT2D eigenvalue weighted by Crippen LogP contribution is -2.30. The molecule has 0 aromatic rings. The third-order valence-corrected chi connectivity index (χ3v) is 3.39. The summed E-state index contributed by atoms with van der Waals surface area (Å²) in [6.45, 7) is 0. The number of nitrogens with one attached hydrogen (secondary N) is 1. The van der Waals surface area contributed by atoms with Crippen molar-refractivity contribution in [2.45, 2.75) is 31.3 Å². The molecule has 74 valence electrons. The van der Waals surface area contributed by atoms with Crippen LogP contribution in [0.3, 0.4) is 0 Å². The second kappa shape index (κ2) is 2.95. The minimum atomic E-state index is 0.363. The molecule has 2 heterocycles. The summed E-state index contributed by atoms with van der Waals surface area (Å²) in [6, 6.07) is 0.761. The highest BCUT2D eigenvalue weighted by Crippen LogP contribution is 2.36. The van der Waals surface area contributed by atoms with Crippen LogP contribution in [0.1, 0.15) is 19.3 Å². The van der Waals surface area contributed by atoms with Gasteiger partial charge in [-0.2, -0.15) is 0 Å². The van der Waals surface area contributed by atoms with Gasteiger partial charge in [-0.3, -0.25) is 4.99 Å². The molecule has 0 aromatic carbocycles. The first-order valence-electron chi connectivity index (χ1n) is 5.28. The van der Waals surface area contributed by atoms with Crippen molar-refractivity contribution in [3.63, 3.8) is 0 Å². The maximum Gasteiger partial charge on any atom is 0.0714 e. The normalized spacial score (nSPS) is 39.4. The van der Waals surface area contributed by atoms with Crippen molar-refractivity contribution in [2.75, 3.05) is 0 Å². The molecule has 3 rings (SSSR count). The summed E-state index contributed by atoms with van der Waals surface area (Å²) < 4.78 is 0. The van der Waals surface area contributed by atoms with Gasteiger partial charge in [0.05, 0.1) is 6.04 Å². The van der Waals surface area contributed by atoms with E-state index in [1.54, 1.807) is 0 Å². The van der Waals surface area contributed by atoms with Crippen molar-refractivity contribution in [1.82, 2.24) is 5.32 Å². The summed E-state index contributed by atoms with van der Waals surface area (Å²) in [5, 5.41) is 3.54. The number of hydrogen-bond donors (Lipinski definition) is 2. The van der Waals surface area contributed by atoms with Crippen molar-refractivity contribution < 1.29 is 0 Å². The average molecular weight is 189 g/mol. The van der Waals surface area contributed by atoms with Crippen molar-refractivity contribution in [3.8, 4) is 0 Å². The van der Waals surface area contributed by atoms with Crippen LogP contribution in [0.25, 0.3) is 0 Å². The van der Waals surface area contributed by atoms with Gasteiger partial charge in [0.2, 0.25) is 0 Å². The quantitative estimate of drug-likeness (QED) is 0.596. The first kappa shape index (κ1) is 8.24. The van der Waals surface area contributed by atoms with Gasteiger partial charge in [0, 0.05) is 30.1 Å². The third kappa shape index (κ3) is 1.12. The minimum absolute atomic E-state index is 0.363. The first-order valence-corrected chi connectivity index (χ1v) is 5.28. The van der Waals surface area contributed by atoms with E-state index in [0.29, 0.717) is 18.0 Å². The van der Waals surface area contributed by atoms with Gasteiger partial charge < -0.3 is 11.1 Å². The molecular formula is C11H15N3. The van der Waals surface area contributed by atoms with E-state index in [4.69, 9.17) is 5.73 Å². The maximum absolute atomic E-state index is 5.99. The lowest BCUT2D eigenvalue weighted by atomic mass is 9.85. The van der Waals surface area contributed by atoms with Gasteiger partial charge in [-0.25, -0.2) is 0 Å². The number of nitrogens with two attached hydrogens (primary N) is 1. The lowest BCUT2D eigenvalue weighted by Gasteiger charge is -2.22. The van der Waals surface area contributed by atoms with E-state index in [9.17, 15) is 0 Å². The van der Waals surface area contributed by atoms with Gasteiger partial charge in [-0.05, 0) is 24.8 Å².